The second kappa shape index (κ2) is 7.92. The summed E-state index contributed by atoms with van der Waals surface area (Å²) in [5.74, 6) is -2.01. The van der Waals surface area contributed by atoms with Crippen molar-refractivity contribution >= 4 is 17.6 Å². The maximum absolute atomic E-state index is 12.4. The van der Waals surface area contributed by atoms with E-state index in [9.17, 15) is 19.2 Å². The van der Waals surface area contributed by atoms with Gasteiger partial charge in [0.25, 0.3) is 5.56 Å². The van der Waals surface area contributed by atoms with E-state index in [0.29, 0.717) is 6.54 Å². The van der Waals surface area contributed by atoms with E-state index >= 15 is 0 Å². The maximum atomic E-state index is 12.4. The Morgan fingerprint density at radius 1 is 1.10 bits per heavy atom. The molecule has 0 amide bonds. The summed E-state index contributed by atoms with van der Waals surface area (Å²) in [6, 6.07) is 9.44. The van der Waals surface area contributed by atoms with Gasteiger partial charge in [-0.05, 0) is 5.56 Å². The summed E-state index contributed by atoms with van der Waals surface area (Å²) >= 11 is 0. The molecule has 0 atom stereocenters. The molecule has 0 aliphatic carbocycles. The number of nitrogens with zero attached hydrogens (tertiary/aromatic N) is 5. The van der Waals surface area contributed by atoms with Crippen molar-refractivity contribution in [3.63, 3.8) is 0 Å². The second-order valence-corrected chi connectivity index (χ2v) is 6.25. The van der Waals surface area contributed by atoms with Gasteiger partial charge in [-0.1, -0.05) is 35.5 Å². The molecule has 3 aromatic rings. The van der Waals surface area contributed by atoms with Gasteiger partial charge in [-0.25, -0.2) is 14.3 Å². The zero-order valence-electron chi connectivity index (χ0n) is 15.7. The number of nitrogen functional groups attached to an aromatic ring is 1. The lowest BCUT2D eigenvalue weighted by Crippen LogP contribution is -2.42. The summed E-state index contributed by atoms with van der Waals surface area (Å²) in [6.45, 7) is -0.327. The molecule has 3 rings (SSSR count). The highest BCUT2D eigenvalue weighted by atomic mass is 16.5. The maximum Gasteiger partial charge on any atom is 0.360 e. The minimum atomic E-state index is -0.877. The first kappa shape index (κ1) is 19.7. The molecule has 2 heterocycles. The van der Waals surface area contributed by atoms with Crippen LogP contribution in [0.15, 0.2) is 46.1 Å². The van der Waals surface area contributed by atoms with Gasteiger partial charge in [0.2, 0.25) is 5.78 Å². The average molecular weight is 398 g/mol. The number of ether oxygens (including phenoxy) is 1. The number of rotatable bonds is 6. The minimum Gasteiger partial charge on any atom is -0.452 e. The van der Waals surface area contributed by atoms with E-state index < -0.39 is 35.2 Å². The van der Waals surface area contributed by atoms with Crippen molar-refractivity contribution in [1.82, 2.24) is 24.1 Å². The molecule has 0 saturated carbocycles. The van der Waals surface area contributed by atoms with Gasteiger partial charge in [0.1, 0.15) is 11.4 Å². The Labute approximate surface area is 163 Å². The number of ketones is 1. The Bertz CT molecular complexity index is 1190. The fourth-order valence-electron chi connectivity index (χ4n) is 2.64. The van der Waals surface area contributed by atoms with Crippen LogP contribution in [0.1, 0.15) is 26.4 Å². The van der Waals surface area contributed by atoms with Crippen LogP contribution >= 0.6 is 0 Å². The van der Waals surface area contributed by atoms with E-state index in [1.54, 1.807) is 0 Å². The van der Waals surface area contributed by atoms with Crippen LogP contribution in [0.5, 0.6) is 0 Å². The van der Waals surface area contributed by atoms with Crippen molar-refractivity contribution in [1.29, 1.82) is 0 Å². The Balaban J connectivity index is 1.70. The third-order valence-electron chi connectivity index (χ3n) is 4.26. The number of aromatic nitrogens is 5. The summed E-state index contributed by atoms with van der Waals surface area (Å²) in [5, 5.41) is 7.58. The molecule has 29 heavy (non-hydrogen) atoms. The quantitative estimate of drug-likeness (QED) is 0.426. The zero-order chi connectivity index (χ0) is 21.1. The molecule has 0 spiro atoms. The van der Waals surface area contributed by atoms with Gasteiger partial charge in [0.15, 0.2) is 12.3 Å². The van der Waals surface area contributed by atoms with Crippen molar-refractivity contribution < 1.29 is 14.3 Å². The topological polar surface area (TPSA) is 144 Å². The highest BCUT2D eigenvalue weighted by molar-refractivity contribution is 6.02. The fraction of sp³-hybridized carbons (Fsp3) is 0.222. The van der Waals surface area contributed by atoms with Gasteiger partial charge in [0.05, 0.1) is 12.7 Å². The summed E-state index contributed by atoms with van der Waals surface area (Å²) in [6.07, 6.45) is 1.39. The number of esters is 1. The number of nitrogens with two attached hydrogens (primary N) is 1. The van der Waals surface area contributed by atoms with Gasteiger partial charge < -0.3 is 10.5 Å². The normalized spacial score (nSPS) is 10.7. The van der Waals surface area contributed by atoms with E-state index in [2.05, 4.69) is 10.3 Å². The predicted molar refractivity (Wildman–Crippen MR) is 102 cm³/mol. The molecule has 150 valence electrons. The van der Waals surface area contributed by atoms with Crippen LogP contribution in [0.25, 0.3) is 0 Å². The molecule has 0 aliphatic rings. The fourth-order valence-corrected chi connectivity index (χ4v) is 2.64. The molecular formula is C18H18N6O5. The molecule has 0 unspecified atom stereocenters. The van der Waals surface area contributed by atoms with Crippen molar-refractivity contribution in [2.75, 3.05) is 12.3 Å². The Morgan fingerprint density at radius 2 is 1.79 bits per heavy atom. The number of carbonyl (C=O) groups is 2. The molecule has 0 bridgehead atoms. The van der Waals surface area contributed by atoms with Crippen molar-refractivity contribution in [2.24, 2.45) is 14.1 Å². The van der Waals surface area contributed by atoms with Gasteiger partial charge in [0, 0.05) is 14.1 Å². The first-order valence-corrected chi connectivity index (χ1v) is 8.49. The van der Waals surface area contributed by atoms with Crippen LogP contribution in [0.3, 0.4) is 0 Å². The third-order valence-corrected chi connectivity index (χ3v) is 4.26. The number of hydrogen-bond donors (Lipinski definition) is 1. The second-order valence-electron chi connectivity index (χ2n) is 6.25. The Hall–Kier alpha value is -4.02. The van der Waals surface area contributed by atoms with Crippen LogP contribution in [-0.2, 0) is 25.4 Å². The summed E-state index contributed by atoms with van der Waals surface area (Å²) in [4.78, 5) is 48.5. The highest BCUT2D eigenvalue weighted by Gasteiger charge is 2.22. The summed E-state index contributed by atoms with van der Waals surface area (Å²) < 4.78 is 8.10. The number of hydrogen-bond acceptors (Lipinski definition) is 8. The van der Waals surface area contributed by atoms with Crippen molar-refractivity contribution in [3.05, 3.63) is 74.2 Å². The Morgan fingerprint density at radius 3 is 2.48 bits per heavy atom. The number of benzene rings is 1. The molecule has 2 N–H and O–H groups in total. The lowest BCUT2D eigenvalue weighted by atomic mass is 10.2. The zero-order valence-corrected chi connectivity index (χ0v) is 15.7. The van der Waals surface area contributed by atoms with Crippen molar-refractivity contribution in [2.45, 2.75) is 6.54 Å². The minimum absolute atomic E-state index is 0.0879. The SMILES string of the molecule is Cn1c(N)c(C(=O)COC(=O)c2cn(Cc3ccccc3)nn2)c(=O)n(C)c1=O. The molecule has 1 aromatic carbocycles. The largest absolute Gasteiger partial charge is 0.452 e. The standard InChI is InChI=1S/C18H18N6O5/c1-22-15(19)14(16(26)23(2)18(22)28)13(25)10-29-17(27)12-9-24(21-20-12)8-11-6-4-3-5-7-11/h3-7,9H,8,10,19H2,1-2H3. The molecular weight excluding hydrogens is 380 g/mol. The van der Waals surface area contributed by atoms with E-state index in [4.69, 9.17) is 10.5 Å². The molecule has 0 saturated heterocycles. The van der Waals surface area contributed by atoms with E-state index in [1.165, 1.54) is 25.0 Å². The van der Waals surface area contributed by atoms with E-state index in [1.807, 2.05) is 30.3 Å². The van der Waals surface area contributed by atoms with Crippen molar-refractivity contribution in [3.8, 4) is 0 Å². The van der Waals surface area contributed by atoms with Gasteiger partial charge >= 0.3 is 11.7 Å². The molecule has 11 heteroatoms. The van der Waals surface area contributed by atoms with Crippen LogP contribution in [0.4, 0.5) is 5.82 Å². The Kier molecular flexibility index (Phi) is 5.39. The van der Waals surface area contributed by atoms with Crippen LogP contribution in [-0.4, -0.2) is 42.5 Å². The highest BCUT2D eigenvalue weighted by Crippen LogP contribution is 2.06. The number of Topliss-reactive ketones (excluding diaryl/α,β-unsaturated/α-hetero) is 1. The smallest absolute Gasteiger partial charge is 0.360 e. The van der Waals surface area contributed by atoms with Gasteiger partial charge in [-0.2, -0.15) is 0 Å². The molecule has 0 radical (unpaired) electrons. The number of carbonyl (C=O) groups excluding carboxylic acids is 2. The van der Waals surface area contributed by atoms with E-state index in [-0.39, 0.29) is 11.5 Å². The molecule has 11 nitrogen and oxygen atoms in total. The van der Waals surface area contributed by atoms with Crippen LogP contribution in [0, 0.1) is 0 Å². The summed E-state index contributed by atoms with van der Waals surface area (Å²) in [5.41, 5.74) is 4.64. The third kappa shape index (κ3) is 3.98. The van der Waals surface area contributed by atoms with Crippen LogP contribution in [0.2, 0.25) is 0 Å². The molecule has 0 fully saturated rings. The molecule has 2 aromatic heterocycles. The summed E-state index contributed by atoms with van der Waals surface area (Å²) in [7, 11) is 2.54. The average Bonchev–Trinajstić information content (AvgIpc) is 3.18. The lowest BCUT2D eigenvalue weighted by molar-refractivity contribution is 0.0468. The lowest BCUT2D eigenvalue weighted by Gasteiger charge is -2.10. The monoisotopic (exact) mass is 398 g/mol. The number of anilines is 1. The van der Waals surface area contributed by atoms with E-state index in [0.717, 1.165) is 14.7 Å². The van der Waals surface area contributed by atoms with Gasteiger partial charge in [-0.3, -0.25) is 18.7 Å². The molecule has 0 aliphatic heterocycles. The predicted octanol–water partition coefficient (Wildman–Crippen LogP) is -0.654. The van der Waals surface area contributed by atoms with Gasteiger partial charge in [-0.15, -0.1) is 5.10 Å². The van der Waals surface area contributed by atoms with Crippen LogP contribution < -0.4 is 17.0 Å². The first-order chi connectivity index (χ1) is 13.8. The first-order valence-electron chi connectivity index (χ1n) is 8.49.